The first kappa shape index (κ1) is 14.0. The van der Waals surface area contributed by atoms with Crippen molar-refractivity contribution in [3.8, 4) is 0 Å². The number of hydrogen-bond donors (Lipinski definition) is 1. The molecule has 84 valence electrons. The molecule has 15 heavy (non-hydrogen) atoms. The Hall–Kier alpha value is -0.960. The van der Waals surface area contributed by atoms with Gasteiger partial charge >= 0.3 is 0 Å². The van der Waals surface area contributed by atoms with Crippen molar-refractivity contribution in [2.75, 3.05) is 17.3 Å². The fourth-order valence-electron chi connectivity index (χ4n) is 1.03. The van der Waals surface area contributed by atoms with E-state index in [2.05, 4.69) is 5.32 Å². The van der Waals surface area contributed by atoms with Gasteiger partial charge in [-0.3, -0.25) is 4.79 Å². The Labute approximate surface area is 96.5 Å². The summed E-state index contributed by atoms with van der Waals surface area (Å²) in [6.07, 6.45) is 1.91. The summed E-state index contributed by atoms with van der Waals surface area (Å²) in [6, 6.07) is 7.77. The summed E-state index contributed by atoms with van der Waals surface area (Å²) in [5.74, 6) is 0.565. The van der Waals surface area contributed by atoms with Gasteiger partial charge in [0, 0.05) is 5.69 Å². The number of rotatable bonds is 3. The molecule has 0 aliphatic carbocycles. The van der Waals surface area contributed by atoms with Gasteiger partial charge in [-0.2, -0.15) is 11.8 Å². The minimum absolute atomic E-state index is 0.0572. The molecule has 0 atom stereocenters. The van der Waals surface area contributed by atoms with Crippen LogP contribution in [0.4, 0.5) is 5.69 Å². The smallest absolute Gasteiger partial charge is 0.234 e. The van der Waals surface area contributed by atoms with E-state index in [1.807, 2.05) is 51.3 Å². The summed E-state index contributed by atoms with van der Waals surface area (Å²) in [7, 11) is 0. The van der Waals surface area contributed by atoms with E-state index in [-0.39, 0.29) is 5.91 Å². The van der Waals surface area contributed by atoms with Crippen LogP contribution in [0.3, 0.4) is 0 Å². The van der Waals surface area contributed by atoms with Crippen molar-refractivity contribution in [1.82, 2.24) is 0 Å². The fourth-order valence-corrected chi connectivity index (χ4v) is 1.36. The van der Waals surface area contributed by atoms with E-state index in [4.69, 9.17) is 0 Å². The highest BCUT2D eigenvalue weighted by Crippen LogP contribution is 2.13. The monoisotopic (exact) mass is 225 g/mol. The van der Waals surface area contributed by atoms with Crippen molar-refractivity contribution in [3.05, 3.63) is 29.8 Å². The molecule has 0 spiro atoms. The first-order valence-corrected chi connectivity index (χ1v) is 6.48. The molecule has 2 nitrogen and oxygen atoms in total. The molecule has 1 rings (SSSR count). The first-order valence-electron chi connectivity index (χ1n) is 5.08. The van der Waals surface area contributed by atoms with Gasteiger partial charge in [-0.05, 0) is 24.8 Å². The largest absolute Gasteiger partial charge is 0.325 e. The van der Waals surface area contributed by atoms with Crippen molar-refractivity contribution in [1.29, 1.82) is 0 Å². The number of hydrogen-bond acceptors (Lipinski definition) is 2. The van der Waals surface area contributed by atoms with Gasteiger partial charge < -0.3 is 5.32 Å². The van der Waals surface area contributed by atoms with Crippen LogP contribution in [-0.4, -0.2) is 17.9 Å². The lowest BCUT2D eigenvalue weighted by Crippen LogP contribution is -2.14. The zero-order valence-corrected chi connectivity index (χ0v) is 10.6. The van der Waals surface area contributed by atoms with E-state index in [0.717, 1.165) is 11.3 Å². The predicted molar refractivity (Wildman–Crippen MR) is 69.5 cm³/mol. The molecular formula is C12H19NOS. The molecule has 0 aliphatic heterocycles. The molecule has 1 N–H and O–H groups in total. The van der Waals surface area contributed by atoms with E-state index in [1.165, 1.54) is 11.8 Å². The van der Waals surface area contributed by atoms with Gasteiger partial charge in [0.25, 0.3) is 0 Å². The second-order valence-electron chi connectivity index (χ2n) is 2.80. The molecular weight excluding hydrogens is 206 g/mol. The summed E-state index contributed by atoms with van der Waals surface area (Å²) in [5, 5.41) is 2.85. The molecule has 0 saturated heterocycles. The van der Waals surface area contributed by atoms with Crippen LogP contribution in [0.1, 0.15) is 19.4 Å². The number of benzene rings is 1. The molecule has 0 aromatic heterocycles. The van der Waals surface area contributed by atoms with Crippen LogP contribution in [-0.2, 0) is 4.79 Å². The van der Waals surface area contributed by atoms with E-state index in [9.17, 15) is 4.79 Å². The van der Waals surface area contributed by atoms with Gasteiger partial charge in [0.15, 0.2) is 0 Å². The van der Waals surface area contributed by atoms with Crippen molar-refractivity contribution >= 4 is 23.4 Å². The molecule has 1 amide bonds. The quantitative estimate of drug-likeness (QED) is 0.855. The number of para-hydroxylation sites is 1. The Kier molecular flexibility index (Phi) is 7.82. The molecule has 0 saturated carbocycles. The minimum Gasteiger partial charge on any atom is -0.325 e. The summed E-state index contributed by atoms with van der Waals surface area (Å²) in [5.41, 5.74) is 2.00. The predicted octanol–water partition coefficient (Wildman–Crippen LogP) is 3.32. The Bertz CT molecular complexity index is 299. The number of aryl methyl sites for hydroxylation is 1. The summed E-state index contributed by atoms with van der Waals surface area (Å²) in [4.78, 5) is 11.2. The maximum atomic E-state index is 11.2. The summed E-state index contributed by atoms with van der Waals surface area (Å²) < 4.78 is 0. The average molecular weight is 225 g/mol. The van der Waals surface area contributed by atoms with Crippen LogP contribution < -0.4 is 5.32 Å². The van der Waals surface area contributed by atoms with Gasteiger partial charge in [0.1, 0.15) is 0 Å². The lowest BCUT2D eigenvalue weighted by Gasteiger charge is -2.06. The molecule has 3 heteroatoms. The number of nitrogens with one attached hydrogen (secondary N) is 1. The standard InChI is InChI=1S/C10H13NOS.C2H6/c1-8-5-3-4-6-9(8)11-10(12)7-13-2;1-2/h3-6H,7H2,1-2H3,(H,11,12);1-2H3. The second-order valence-corrected chi connectivity index (χ2v) is 3.66. The molecule has 0 unspecified atom stereocenters. The van der Waals surface area contributed by atoms with Crippen molar-refractivity contribution in [3.63, 3.8) is 0 Å². The van der Waals surface area contributed by atoms with Gasteiger partial charge in [-0.25, -0.2) is 0 Å². The van der Waals surface area contributed by atoms with E-state index in [0.29, 0.717) is 5.75 Å². The SMILES string of the molecule is CC.CSCC(=O)Nc1ccccc1C. The van der Waals surface area contributed by atoms with Crippen LogP contribution in [0.25, 0.3) is 0 Å². The van der Waals surface area contributed by atoms with E-state index in [1.54, 1.807) is 0 Å². The number of carbonyl (C=O) groups is 1. The van der Waals surface area contributed by atoms with Gasteiger partial charge in [-0.15, -0.1) is 0 Å². The van der Waals surface area contributed by atoms with Gasteiger partial charge in [-0.1, -0.05) is 32.0 Å². The van der Waals surface area contributed by atoms with E-state index < -0.39 is 0 Å². The van der Waals surface area contributed by atoms with E-state index >= 15 is 0 Å². The van der Waals surface area contributed by atoms with Crippen LogP contribution in [0.2, 0.25) is 0 Å². The molecule has 0 fully saturated rings. The Morgan fingerprint density at radius 3 is 2.47 bits per heavy atom. The highest BCUT2D eigenvalue weighted by molar-refractivity contribution is 7.99. The Balaban J connectivity index is 0.000000921. The van der Waals surface area contributed by atoms with Crippen molar-refractivity contribution in [2.24, 2.45) is 0 Å². The number of carbonyl (C=O) groups excluding carboxylic acids is 1. The maximum Gasteiger partial charge on any atom is 0.234 e. The minimum atomic E-state index is 0.0572. The molecule has 1 aromatic carbocycles. The van der Waals surface area contributed by atoms with Gasteiger partial charge in [0.2, 0.25) is 5.91 Å². The number of thioether (sulfide) groups is 1. The van der Waals surface area contributed by atoms with Crippen LogP contribution in [0.5, 0.6) is 0 Å². The molecule has 1 aromatic rings. The summed E-state index contributed by atoms with van der Waals surface area (Å²) in [6.45, 7) is 5.98. The fraction of sp³-hybridized carbons (Fsp3) is 0.417. The Morgan fingerprint density at radius 1 is 1.33 bits per heavy atom. The lowest BCUT2D eigenvalue weighted by molar-refractivity contribution is -0.113. The highest BCUT2D eigenvalue weighted by Gasteiger charge is 2.01. The number of amides is 1. The molecule has 0 heterocycles. The third-order valence-corrected chi connectivity index (χ3v) is 2.25. The van der Waals surface area contributed by atoms with Crippen molar-refractivity contribution in [2.45, 2.75) is 20.8 Å². The highest BCUT2D eigenvalue weighted by atomic mass is 32.2. The first-order chi connectivity index (χ1) is 7.24. The average Bonchev–Trinajstić information content (AvgIpc) is 2.25. The zero-order valence-electron chi connectivity index (χ0n) is 9.83. The third kappa shape index (κ3) is 5.47. The van der Waals surface area contributed by atoms with Crippen LogP contribution in [0.15, 0.2) is 24.3 Å². The summed E-state index contributed by atoms with van der Waals surface area (Å²) >= 11 is 1.52. The molecule has 0 bridgehead atoms. The Morgan fingerprint density at radius 2 is 1.93 bits per heavy atom. The number of anilines is 1. The van der Waals surface area contributed by atoms with Crippen LogP contribution >= 0.6 is 11.8 Å². The third-order valence-electron chi connectivity index (χ3n) is 1.69. The normalized spacial score (nSPS) is 8.80. The van der Waals surface area contributed by atoms with Crippen LogP contribution in [0, 0.1) is 6.92 Å². The topological polar surface area (TPSA) is 29.1 Å². The lowest BCUT2D eigenvalue weighted by atomic mass is 10.2. The second kappa shape index (κ2) is 8.36. The van der Waals surface area contributed by atoms with Gasteiger partial charge in [0.05, 0.1) is 5.75 Å². The molecule has 0 aliphatic rings. The molecule has 0 radical (unpaired) electrons. The maximum absolute atomic E-state index is 11.2. The zero-order chi connectivity index (χ0) is 11.7. The van der Waals surface area contributed by atoms with Crippen molar-refractivity contribution < 1.29 is 4.79 Å².